The molecule has 0 bridgehead atoms. The van der Waals surface area contributed by atoms with Crippen LogP contribution in [0.1, 0.15) is 18.7 Å². The fourth-order valence-corrected chi connectivity index (χ4v) is 2.88. The summed E-state index contributed by atoms with van der Waals surface area (Å²) in [4.78, 5) is 4.57. The molecule has 136 valence electrons. The number of piperazine rings is 1. The zero-order chi connectivity index (χ0) is 17.5. The van der Waals surface area contributed by atoms with Crippen LogP contribution in [-0.2, 0) is 13.0 Å². The van der Waals surface area contributed by atoms with Crippen molar-refractivity contribution in [3.8, 4) is 5.75 Å². The molecular weight excluding hydrogens is 320 g/mol. The summed E-state index contributed by atoms with van der Waals surface area (Å²) in [5.41, 5.74) is 0. The van der Waals surface area contributed by atoms with E-state index in [0.717, 1.165) is 38.3 Å². The van der Waals surface area contributed by atoms with Crippen LogP contribution >= 0.6 is 0 Å². The Hall–Kier alpha value is -1.96. The second-order valence-electron chi connectivity index (χ2n) is 6.30. The van der Waals surface area contributed by atoms with Crippen molar-refractivity contribution in [2.45, 2.75) is 26.0 Å². The van der Waals surface area contributed by atoms with Crippen LogP contribution in [0.25, 0.3) is 0 Å². The van der Waals surface area contributed by atoms with Crippen molar-refractivity contribution >= 4 is 0 Å². The second-order valence-corrected chi connectivity index (χ2v) is 6.30. The Kier molecular flexibility index (Phi) is 6.38. The van der Waals surface area contributed by atoms with Crippen molar-refractivity contribution in [3.63, 3.8) is 0 Å². The van der Waals surface area contributed by atoms with E-state index in [1.807, 2.05) is 37.3 Å². The first-order chi connectivity index (χ1) is 12.2. The van der Waals surface area contributed by atoms with E-state index in [2.05, 4.69) is 20.0 Å². The molecule has 1 saturated heterocycles. The molecule has 1 aliphatic rings. The summed E-state index contributed by atoms with van der Waals surface area (Å²) in [6.45, 7) is 7.32. The normalized spacial score (nSPS) is 17.5. The molecule has 1 aromatic carbocycles. The molecule has 1 fully saturated rings. The number of hydrogen-bond acceptors (Lipinski definition) is 7. The Labute approximate surface area is 148 Å². The molecule has 0 spiro atoms. The van der Waals surface area contributed by atoms with Crippen LogP contribution in [0.5, 0.6) is 5.75 Å². The smallest absolute Gasteiger partial charge is 0.230 e. The van der Waals surface area contributed by atoms with Gasteiger partial charge in [-0.25, -0.2) is 0 Å². The molecule has 0 amide bonds. The highest BCUT2D eigenvalue weighted by Gasteiger charge is 2.21. The van der Waals surface area contributed by atoms with Gasteiger partial charge in [-0.1, -0.05) is 25.1 Å². The number of para-hydroxylation sites is 1. The number of benzene rings is 1. The van der Waals surface area contributed by atoms with Crippen LogP contribution in [-0.4, -0.2) is 70.5 Å². The van der Waals surface area contributed by atoms with Crippen molar-refractivity contribution in [3.05, 3.63) is 42.1 Å². The number of aromatic nitrogens is 2. The Morgan fingerprint density at radius 2 is 1.76 bits per heavy atom. The van der Waals surface area contributed by atoms with Gasteiger partial charge >= 0.3 is 0 Å². The third-order valence-electron chi connectivity index (χ3n) is 4.29. The lowest BCUT2D eigenvalue weighted by molar-refractivity contribution is 0.0429. The molecule has 0 aliphatic carbocycles. The zero-order valence-corrected chi connectivity index (χ0v) is 14.7. The van der Waals surface area contributed by atoms with Crippen molar-refractivity contribution in [2.24, 2.45) is 0 Å². The second kappa shape index (κ2) is 8.94. The average molecular weight is 346 g/mol. The number of β-amino-alcohol motifs (C(OH)–C–C–N with tert-alkyl or cyclic N) is 1. The molecule has 3 rings (SSSR count). The lowest BCUT2D eigenvalue weighted by Crippen LogP contribution is -2.48. The molecule has 0 radical (unpaired) electrons. The van der Waals surface area contributed by atoms with Gasteiger partial charge in [0.1, 0.15) is 18.5 Å². The van der Waals surface area contributed by atoms with Crippen LogP contribution in [0.4, 0.5) is 0 Å². The van der Waals surface area contributed by atoms with Gasteiger partial charge in [0, 0.05) is 39.1 Å². The van der Waals surface area contributed by atoms with Crippen LogP contribution in [0.3, 0.4) is 0 Å². The van der Waals surface area contributed by atoms with Crippen LogP contribution in [0.15, 0.2) is 34.7 Å². The number of hydrogen-bond donors (Lipinski definition) is 1. The molecule has 1 aromatic heterocycles. The molecule has 1 atom stereocenters. The minimum atomic E-state index is -0.491. The maximum atomic E-state index is 10.2. The molecule has 1 N–H and O–H groups in total. The monoisotopic (exact) mass is 346 g/mol. The third kappa shape index (κ3) is 5.52. The van der Waals surface area contributed by atoms with Gasteiger partial charge in [0.25, 0.3) is 0 Å². The van der Waals surface area contributed by atoms with Gasteiger partial charge in [0.05, 0.1) is 6.54 Å². The SMILES string of the molecule is CCc1nnc(CN2CCN(C[C@H](O)COc3ccccc3)CC2)o1. The molecule has 7 nitrogen and oxygen atoms in total. The zero-order valence-electron chi connectivity index (χ0n) is 14.7. The van der Waals surface area contributed by atoms with Gasteiger partial charge in [-0.15, -0.1) is 10.2 Å². The first kappa shape index (κ1) is 17.8. The quantitative estimate of drug-likeness (QED) is 0.769. The highest BCUT2D eigenvalue weighted by molar-refractivity contribution is 5.20. The predicted octanol–water partition coefficient (Wildman–Crippen LogP) is 1.19. The molecular formula is C18H26N4O3. The molecule has 2 heterocycles. The predicted molar refractivity (Wildman–Crippen MR) is 93.3 cm³/mol. The van der Waals surface area contributed by atoms with E-state index in [4.69, 9.17) is 9.15 Å². The van der Waals surface area contributed by atoms with E-state index in [-0.39, 0.29) is 0 Å². The van der Waals surface area contributed by atoms with Gasteiger partial charge in [-0.05, 0) is 12.1 Å². The van der Waals surface area contributed by atoms with Gasteiger partial charge in [0.2, 0.25) is 11.8 Å². The van der Waals surface area contributed by atoms with E-state index in [9.17, 15) is 5.11 Å². The van der Waals surface area contributed by atoms with E-state index >= 15 is 0 Å². The summed E-state index contributed by atoms with van der Waals surface area (Å²) in [5, 5.41) is 18.3. The first-order valence-electron chi connectivity index (χ1n) is 8.85. The lowest BCUT2D eigenvalue weighted by Gasteiger charge is -2.34. The highest BCUT2D eigenvalue weighted by Crippen LogP contribution is 2.11. The van der Waals surface area contributed by atoms with Gasteiger partial charge in [0.15, 0.2) is 0 Å². The van der Waals surface area contributed by atoms with Crippen LogP contribution in [0, 0.1) is 0 Å². The molecule has 2 aromatic rings. The number of rotatable bonds is 8. The van der Waals surface area contributed by atoms with Crippen LogP contribution < -0.4 is 4.74 Å². The number of aryl methyl sites for hydroxylation is 1. The lowest BCUT2D eigenvalue weighted by atomic mass is 10.2. The largest absolute Gasteiger partial charge is 0.491 e. The molecule has 1 aliphatic heterocycles. The minimum absolute atomic E-state index is 0.312. The number of ether oxygens (including phenoxy) is 1. The van der Waals surface area contributed by atoms with Crippen molar-refractivity contribution < 1.29 is 14.3 Å². The minimum Gasteiger partial charge on any atom is -0.491 e. The Morgan fingerprint density at radius 1 is 1.08 bits per heavy atom. The fraction of sp³-hybridized carbons (Fsp3) is 0.556. The molecule has 0 unspecified atom stereocenters. The summed E-state index contributed by atoms with van der Waals surface area (Å²) in [6, 6.07) is 9.58. The number of aliphatic hydroxyl groups excluding tert-OH is 1. The number of nitrogens with zero attached hydrogens (tertiary/aromatic N) is 4. The third-order valence-corrected chi connectivity index (χ3v) is 4.29. The van der Waals surface area contributed by atoms with E-state index in [0.29, 0.717) is 31.5 Å². The standard InChI is InChI=1S/C18H26N4O3/c1-2-17-19-20-18(25-17)13-22-10-8-21(9-11-22)12-15(23)14-24-16-6-4-3-5-7-16/h3-7,15,23H,2,8-14H2,1H3/t15-/m0/s1. The molecule has 0 saturated carbocycles. The van der Waals surface area contributed by atoms with Gasteiger partial charge < -0.3 is 14.3 Å². The van der Waals surface area contributed by atoms with Gasteiger partial charge in [-0.2, -0.15) is 0 Å². The van der Waals surface area contributed by atoms with E-state index < -0.39 is 6.10 Å². The molecule has 7 heteroatoms. The van der Waals surface area contributed by atoms with E-state index in [1.165, 1.54) is 0 Å². The maximum absolute atomic E-state index is 10.2. The Morgan fingerprint density at radius 3 is 2.44 bits per heavy atom. The number of aliphatic hydroxyl groups is 1. The van der Waals surface area contributed by atoms with E-state index in [1.54, 1.807) is 0 Å². The van der Waals surface area contributed by atoms with Crippen LogP contribution in [0.2, 0.25) is 0 Å². The topological polar surface area (TPSA) is 74.9 Å². The first-order valence-corrected chi connectivity index (χ1v) is 8.85. The molecule has 25 heavy (non-hydrogen) atoms. The summed E-state index contributed by atoms with van der Waals surface area (Å²) in [5.74, 6) is 2.16. The fourth-order valence-electron chi connectivity index (χ4n) is 2.88. The maximum Gasteiger partial charge on any atom is 0.230 e. The van der Waals surface area contributed by atoms with Crippen molar-refractivity contribution in [1.82, 2.24) is 20.0 Å². The summed E-state index contributed by atoms with van der Waals surface area (Å²) >= 11 is 0. The summed E-state index contributed by atoms with van der Waals surface area (Å²) in [6.07, 6.45) is 0.277. The average Bonchev–Trinajstić information content (AvgIpc) is 3.10. The summed E-state index contributed by atoms with van der Waals surface area (Å²) in [7, 11) is 0. The Balaban J connectivity index is 1.35. The Bertz CT molecular complexity index is 626. The highest BCUT2D eigenvalue weighted by atomic mass is 16.5. The van der Waals surface area contributed by atoms with Crippen molar-refractivity contribution in [2.75, 3.05) is 39.3 Å². The van der Waals surface area contributed by atoms with Crippen molar-refractivity contribution in [1.29, 1.82) is 0 Å². The summed E-state index contributed by atoms with van der Waals surface area (Å²) < 4.78 is 11.2. The van der Waals surface area contributed by atoms with Gasteiger partial charge in [-0.3, -0.25) is 9.80 Å².